The molecule has 6 nitrogen and oxygen atoms in total. The molecule has 3 heterocycles. The molecule has 3 aromatic rings. The number of aryl methyl sites for hydroxylation is 1. The molecule has 1 aliphatic rings. The number of piperidine rings is 1. The summed E-state index contributed by atoms with van der Waals surface area (Å²) in [5.41, 5.74) is 1.55. The van der Waals surface area contributed by atoms with E-state index in [2.05, 4.69) is 14.5 Å². The standard InChI is InChI=1S/C19H22N4O2/c1-13-20-7-9-23(13)15-4-3-8-22(12-15)19(24)18-10-14-5-6-16(25-2)11-17(14)21-18/h5-7,9-11,15,21H,3-4,8,12H2,1-2H3/t15-/m0/s1. The SMILES string of the molecule is COc1ccc2cc(C(=O)N3CCC[C@H](n4ccnc4C)C3)[nH]c2c1. The summed E-state index contributed by atoms with van der Waals surface area (Å²) < 4.78 is 7.43. The lowest BCUT2D eigenvalue weighted by Gasteiger charge is -2.33. The molecular formula is C19H22N4O2. The number of hydrogen-bond donors (Lipinski definition) is 1. The van der Waals surface area contributed by atoms with Crippen LogP contribution in [-0.4, -0.2) is 45.5 Å². The third-order valence-corrected chi connectivity index (χ3v) is 5.00. The summed E-state index contributed by atoms with van der Waals surface area (Å²) in [6.07, 6.45) is 5.90. The number of hydrogen-bond acceptors (Lipinski definition) is 3. The van der Waals surface area contributed by atoms with E-state index in [1.807, 2.05) is 48.5 Å². The molecule has 0 spiro atoms. The first-order valence-corrected chi connectivity index (χ1v) is 8.61. The first kappa shape index (κ1) is 15.7. The highest BCUT2D eigenvalue weighted by atomic mass is 16.5. The number of carbonyl (C=O) groups excluding carboxylic acids is 1. The van der Waals surface area contributed by atoms with Gasteiger partial charge in [0.05, 0.1) is 13.2 Å². The molecule has 1 aliphatic heterocycles. The smallest absolute Gasteiger partial charge is 0.270 e. The molecule has 2 aromatic heterocycles. The number of ether oxygens (including phenoxy) is 1. The molecule has 0 bridgehead atoms. The lowest BCUT2D eigenvalue weighted by atomic mass is 10.0. The Hall–Kier alpha value is -2.76. The molecule has 0 unspecified atom stereocenters. The predicted octanol–water partition coefficient (Wildman–Crippen LogP) is 3.16. The fourth-order valence-corrected chi connectivity index (χ4v) is 3.66. The molecule has 0 saturated carbocycles. The van der Waals surface area contributed by atoms with Gasteiger partial charge in [-0.1, -0.05) is 0 Å². The molecule has 1 amide bonds. The molecule has 6 heteroatoms. The number of amides is 1. The van der Waals surface area contributed by atoms with E-state index in [-0.39, 0.29) is 5.91 Å². The highest BCUT2D eigenvalue weighted by Gasteiger charge is 2.26. The molecule has 1 aromatic carbocycles. The van der Waals surface area contributed by atoms with Gasteiger partial charge in [-0.25, -0.2) is 4.98 Å². The number of aromatic amines is 1. The number of aromatic nitrogens is 3. The molecule has 1 N–H and O–H groups in total. The van der Waals surface area contributed by atoms with Crippen LogP contribution in [0.3, 0.4) is 0 Å². The minimum atomic E-state index is 0.0534. The second-order valence-electron chi connectivity index (χ2n) is 6.57. The van der Waals surface area contributed by atoms with Crippen molar-refractivity contribution in [3.05, 3.63) is 48.2 Å². The predicted molar refractivity (Wildman–Crippen MR) is 96.0 cm³/mol. The van der Waals surface area contributed by atoms with Gasteiger partial charge in [0.15, 0.2) is 0 Å². The fourth-order valence-electron chi connectivity index (χ4n) is 3.66. The average Bonchev–Trinajstić information content (AvgIpc) is 3.26. The van der Waals surface area contributed by atoms with Gasteiger partial charge in [-0.3, -0.25) is 4.79 Å². The van der Waals surface area contributed by atoms with Gasteiger partial charge in [0.2, 0.25) is 0 Å². The van der Waals surface area contributed by atoms with Crippen LogP contribution in [0.25, 0.3) is 10.9 Å². The van der Waals surface area contributed by atoms with Crippen molar-refractivity contribution in [2.75, 3.05) is 20.2 Å². The van der Waals surface area contributed by atoms with Gasteiger partial charge in [0.1, 0.15) is 17.3 Å². The number of carbonyl (C=O) groups is 1. The van der Waals surface area contributed by atoms with Crippen LogP contribution < -0.4 is 4.74 Å². The second kappa shape index (κ2) is 6.27. The zero-order valence-electron chi connectivity index (χ0n) is 14.5. The van der Waals surface area contributed by atoms with Gasteiger partial charge in [0.25, 0.3) is 5.91 Å². The van der Waals surface area contributed by atoms with Crippen LogP contribution >= 0.6 is 0 Å². The first-order chi connectivity index (χ1) is 12.2. The van der Waals surface area contributed by atoms with Crippen LogP contribution in [0.4, 0.5) is 0 Å². The van der Waals surface area contributed by atoms with Gasteiger partial charge >= 0.3 is 0 Å². The van der Waals surface area contributed by atoms with Gasteiger partial charge in [-0.05, 0) is 38.0 Å². The van der Waals surface area contributed by atoms with Crippen LogP contribution in [0.15, 0.2) is 36.7 Å². The number of rotatable bonds is 3. The number of methoxy groups -OCH3 is 1. The fraction of sp³-hybridized carbons (Fsp3) is 0.368. The number of nitrogens with zero attached hydrogens (tertiary/aromatic N) is 3. The molecule has 1 atom stereocenters. The van der Waals surface area contributed by atoms with Crippen LogP contribution in [0.5, 0.6) is 5.75 Å². The summed E-state index contributed by atoms with van der Waals surface area (Å²) in [5, 5.41) is 1.02. The quantitative estimate of drug-likeness (QED) is 0.798. The number of imidazole rings is 1. The maximum atomic E-state index is 13.0. The van der Waals surface area contributed by atoms with Crippen molar-refractivity contribution < 1.29 is 9.53 Å². The molecule has 1 saturated heterocycles. The highest BCUT2D eigenvalue weighted by Crippen LogP contribution is 2.26. The summed E-state index contributed by atoms with van der Waals surface area (Å²) in [6.45, 7) is 3.52. The molecule has 0 radical (unpaired) electrons. The second-order valence-corrected chi connectivity index (χ2v) is 6.57. The van der Waals surface area contributed by atoms with E-state index in [0.717, 1.165) is 41.9 Å². The van der Waals surface area contributed by atoms with Crippen molar-refractivity contribution in [1.29, 1.82) is 0 Å². The lowest BCUT2D eigenvalue weighted by Crippen LogP contribution is -2.41. The van der Waals surface area contributed by atoms with Gasteiger partial charge in [-0.15, -0.1) is 0 Å². The van der Waals surface area contributed by atoms with Crippen molar-refractivity contribution in [3.8, 4) is 5.75 Å². The summed E-state index contributed by atoms with van der Waals surface area (Å²) in [4.78, 5) is 22.4. The molecule has 130 valence electrons. The molecule has 1 fully saturated rings. The largest absolute Gasteiger partial charge is 0.497 e. The van der Waals surface area contributed by atoms with E-state index in [0.29, 0.717) is 18.3 Å². The number of H-pyrrole nitrogens is 1. The summed E-state index contributed by atoms with van der Waals surface area (Å²) in [6, 6.07) is 8.01. The van der Waals surface area contributed by atoms with Crippen molar-refractivity contribution >= 4 is 16.8 Å². The van der Waals surface area contributed by atoms with Gasteiger partial charge in [-0.2, -0.15) is 0 Å². The maximum Gasteiger partial charge on any atom is 0.270 e. The van der Waals surface area contributed by atoms with E-state index < -0.39 is 0 Å². The van der Waals surface area contributed by atoms with Gasteiger partial charge in [0, 0.05) is 42.5 Å². The summed E-state index contributed by atoms with van der Waals surface area (Å²) in [7, 11) is 1.64. The molecule has 0 aliphatic carbocycles. The minimum absolute atomic E-state index is 0.0534. The summed E-state index contributed by atoms with van der Waals surface area (Å²) in [5.74, 6) is 1.83. The van der Waals surface area contributed by atoms with E-state index in [4.69, 9.17) is 4.74 Å². The number of likely N-dealkylation sites (tertiary alicyclic amines) is 1. The van der Waals surface area contributed by atoms with Crippen molar-refractivity contribution in [2.45, 2.75) is 25.8 Å². The Labute approximate surface area is 146 Å². The van der Waals surface area contributed by atoms with Crippen LogP contribution in [-0.2, 0) is 0 Å². The lowest BCUT2D eigenvalue weighted by molar-refractivity contribution is 0.0673. The zero-order chi connectivity index (χ0) is 17.4. The Kier molecular flexibility index (Phi) is 3.95. The van der Waals surface area contributed by atoms with Gasteiger partial charge < -0.3 is 19.2 Å². The number of nitrogens with one attached hydrogen (secondary N) is 1. The third kappa shape index (κ3) is 2.88. The Morgan fingerprint density at radius 1 is 1.36 bits per heavy atom. The van der Waals surface area contributed by atoms with E-state index in [1.165, 1.54) is 0 Å². The monoisotopic (exact) mass is 338 g/mol. The number of fused-ring (bicyclic) bond motifs is 1. The van der Waals surface area contributed by atoms with E-state index in [9.17, 15) is 4.79 Å². The van der Waals surface area contributed by atoms with Crippen molar-refractivity contribution in [3.63, 3.8) is 0 Å². The number of benzene rings is 1. The summed E-state index contributed by atoms with van der Waals surface area (Å²) >= 11 is 0. The Morgan fingerprint density at radius 2 is 2.24 bits per heavy atom. The molecule has 25 heavy (non-hydrogen) atoms. The van der Waals surface area contributed by atoms with Crippen LogP contribution in [0, 0.1) is 6.92 Å². The topological polar surface area (TPSA) is 63.1 Å². The van der Waals surface area contributed by atoms with E-state index >= 15 is 0 Å². The average molecular weight is 338 g/mol. The Morgan fingerprint density at radius 3 is 3.00 bits per heavy atom. The molecule has 4 rings (SSSR count). The maximum absolute atomic E-state index is 13.0. The molecular weight excluding hydrogens is 316 g/mol. The Balaban J connectivity index is 1.56. The Bertz CT molecular complexity index is 911. The zero-order valence-corrected chi connectivity index (χ0v) is 14.5. The third-order valence-electron chi connectivity index (χ3n) is 5.00. The van der Waals surface area contributed by atoms with Crippen LogP contribution in [0.1, 0.15) is 35.2 Å². The first-order valence-electron chi connectivity index (χ1n) is 8.61. The van der Waals surface area contributed by atoms with E-state index in [1.54, 1.807) is 7.11 Å². The normalized spacial score (nSPS) is 17.8. The van der Waals surface area contributed by atoms with Crippen molar-refractivity contribution in [2.24, 2.45) is 0 Å². The minimum Gasteiger partial charge on any atom is -0.497 e. The van der Waals surface area contributed by atoms with Crippen LogP contribution in [0.2, 0.25) is 0 Å². The van der Waals surface area contributed by atoms with Crippen molar-refractivity contribution in [1.82, 2.24) is 19.4 Å². The highest BCUT2D eigenvalue weighted by molar-refractivity contribution is 5.98.